The van der Waals surface area contributed by atoms with Crippen molar-refractivity contribution in [3.8, 4) is 22.8 Å². The largest absolute Gasteiger partial charge is 0.457 e. The zero-order valence-corrected chi connectivity index (χ0v) is 20.0. The van der Waals surface area contributed by atoms with E-state index in [9.17, 15) is 9.18 Å². The van der Waals surface area contributed by atoms with Gasteiger partial charge in [0.1, 0.15) is 22.9 Å². The minimum atomic E-state index is -0.452. The highest BCUT2D eigenvalue weighted by molar-refractivity contribution is 6.43. The summed E-state index contributed by atoms with van der Waals surface area (Å²) in [6.45, 7) is 0. The van der Waals surface area contributed by atoms with Crippen LogP contribution in [0.2, 0.25) is 15.1 Å². The lowest BCUT2D eigenvalue weighted by molar-refractivity contribution is -0.111. The van der Waals surface area contributed by atoms with Crippen LogP contribution in [0, 0.1) is 5.82 Å². The number of nitrogens with zero attached hydrogens (tertiary/aromatic N) is 1. The minimum Gasteiger partial charge on any atom is -0.457 e. The average Bonchev–Trinajstić information content (AvgIpc) is 3.46. The molecule has 0 saturated carbocycles. The second-order valence-corrected chi connectivity index (χ2v) is 8.64. The predicted octanol–water partition coefficient (Wildman–Crippen LogP) is 8.51. The van der Waals surface area contributed by atoms with Crippen LogP contribution in [0.4, 0.5) is 10.1 Å². The van der Waals surface area contributed by atoms with Crippen molar-refractivity contribution in [1.29, 1.82) is 0 Å². The summed E-state index contributed by atoms with van der Waals surface area (Å²) in [4.78, 5) is 16.8. The highest BCUT2D eigenvalue weighted by Crippen LogP contribution is 2.35. The smallest absolute Gasteiger partial charge is 0.248 e. The first kappa shape index (κ1) is 23.2. The van der Waals surface area contributed by atoms with Gasteiger partial charge in [0.2, 0.25) is 11.8 Å². The fourth-order valence-corrected chi connectivity index (χ4v) is 4.05. The Morgan fingerprint density at radius 3 is 2.60 bits per heavy atom. The molecule has 0 atom stereocenters. The van der Waals surface area contributed by atoms with Gasteiger partial charge >= 0.3 is 0 Å². The number of nitrogens with one attached hydrogen (secondary N) is 1. The van der Waals surface area contributed by atoms with Gasteiger partial charge in [0.15, 0.2) is 5.58 Å². The Morgan fingerprint density at radius 1 is 0.914 bits per heavy atom. The van der Waals surface area contributed by atoms with Gasteiger partial charge < -0.3 is 14.2 Å². The van der Waals surface area contributed by atoms with E-state index in [0.717, 1.165) is 0 Å². The molecule has 0 bridgehead atoms. The molecule has 5 rings (SSSR count). The second kappa shape index (κ2) is 9.58. The first-order chi connectivity index (χ1) is 16.9. The van der Waals surface area contributed by atoms with Gasteiger partial charge in [-0.2, -0.15) is 0 Å². The van der Waals surface area contributed by atoms with Crippen LogP contribution in [0.25, 0.3) is 40.0 Å². The first-order valence-electron chi connectivity index (χ1n) is 10.3. The molecule has 9 heteroatoms. The number of oxazole rings is 1. The standard InChI is InChI=1S/C26H14Cl3FN2O3/c27-19-3-1-2-18(25(19)29)22-10-6-16(34-22)7-11-24(33)31-15-5-9-23-21(13-15)32-26(35-23)17-8-4-14(30)12-20(17)28/h1-13H,(H,31,33). The van der Waals surface area contributed by atoms with Gasteiger partial charge in [0.05, 0.1) is 20.6 Å². The maximum Gasteiger partial charge on any atom is 0.248 e. The fourth-order valence-electron chi connectivity index (χ4n) is 3.41. The van der Waals surface area contributed by atoms with Crippen LogP contribution in [-0.2, 0) is 4.79 Å². The van der Waals surface area contributed by atoms with Crippen LogP contribution in [0.15, 0.2) is 81.6 Å². The van der Waals surface area contributed by atoms with Crippen LogP contribution in [0.3, 0.4) is 0 Å². The van der Waals surface area contributed by atoms with E-state index < -0.39 is 5.82 Å². The molecule has 5 aromatic rings. The third kappa shape index (κ3) is 4.95. The van der Waals surface area contributed by atoms with Gasteiger partial charge in [-0.05, 0) is 66.7 Å². The van der Waals surface area contributed by atoms with Crippen LogP contribution >= 0.6 is 34.8 Å². The quantitative estimate of drug-likeness (QED) is 0.233. The molecule has 3 aromatic carbocycles. The second-order valence-electron chi connectivity index (χ2n) is 7.45. The zero-order chi connectivity index (χ0) is 24.5. The van der Waals surface area contributed by atoms with Gasteiger partial charge in [-0.25, -0.2) is 9.37 Å². The number of benzene rings is 3. The van der Waals surface area contributed by atoms with E-state index in [-0.39, 0.29) is 16.8 Å². The lowest BCUT2D eigenvalue weighted by Crippen LogP contribution is -2.07. The molecule has 0 aliphatic carbocycles. The molecule has 0 spiro atoms. The summed E-state index contributed by atoms with van der Waals surface area (Å²) in [7, 11) is 0. The Labute approximate surface area is 213 Å². The summed E-state index contributed by atoms with van der Waals surface area (Å²) in [6.07, 6.45) is 2.89. The maximum absolute atomic E-state index is 13.3. The summed E-state index contributed by atoms with van der Waals surface area (Å²) in [5.41, 5.74) is 2.65. The van der Waals surface area contributed by atoms with E-state index in [4.69, 9.17) is 43.6 Å². The number of halogens is 4. The van der Waals surface area contributed by atoms with E-state index in [0.29, 0.717) is 49.5 Å². The van der Waals surface area contributed by atoms with Gasteiger partial charge in [-0.3, -0.25) is 4.79 Å². The Kier molecular flexibility index (Phi) is 6.34. The molecule has 0 radical (unpaired) electrons. The van der Waals surface area contributed by atoms with Crippen molar-refractivity contribution in [2.45, 2.75) is 0 Å². The lowest BCUT2D eigenvalue weighted by Gasteiger charge is -2.02. The van der Waals surface area contributed by atoms with E-state index >= 15 is 0 Å². The van der Waals surface area contributed by atoms with Gasteiger partial charge in [0, 0.05) is 17.3 Å². The number of aromatic nitrogens is 1. The number of anilines is 1. The van der Waals surface area contributed by atoms with Crippen molar-refractivity contribution in [2.75, 3.05) is 5.32 Å². The molecule has 0 saturated heterocycles. The summed E-state index contributed by atoms with van der Waals surface area (Å²) in [5.74, 6) is 0.437. The summed E-state index contributed by atoms with van der Waals surface area (Å²) < 4.78 is 24.8. The lowest BCUT2D eigenvalue weighted by atomic mass is 10.2. The predicted molar refractivity (Wildman–Crippen MR) is 136 cm³/mol. The zero-order valence-electron chi connectivity index (χ0n) is 17.7. The van der Waals surface area contributed by atoms with Crippen LogP contribution in [-0.4, -0.2) is 10.9 Å². The number of carbonyl (C=O) groups is 1. The fraction of sp³-hybridized carbons (Fsp3) is 0. The third-order valence-electron chi connectivity index (χ3n) is 5.06. The molecule has 2 heterocycles. The highest BCUT2D eigenvalue weighted by atomic mass is 35.5. The Bertz CT molecular complexity index is 1610. The number of fused-ring (bicyclic) bond motifs is 1. The molecule has 174 valence electrons. The van der Waals surface area contributed by atoms with E-state index in [1.807, 2.05) is 0 Å². The molecule has 0 aliphatic heterocycles. The summed E-state index contributed by atoms with van der Waals surface area (Å²) in [6, 6.07) is 17.7. The Morgan fingerprint density at radius 2 is 1.77 bits per heavy atom. The molecule has 0 unspecified atom stereocenters. The molecule has 0 aliphatic rings. The molecule has 1 N–H and O–H groups in total. The number of hydrogen-bond acceptors (Lipinski definition) is 4. The van der Waals surface area contributed by atoms with Crippen molar-refractivity contribution < 1.29 is 18.0 Å². The van der Waals surface area contributed by atoms with Gasteiger partial charge in [-0.1, -0.05) is 40.9 Å². The van der Waals surface area contributed by atoms with E-state index in [2.05, 4.69) is 10.3 Å². The van der Waals surface area contributed by atoms with Crippen LogP contribution < -0.4 is 5.32 Å². The molecular formula is C26H14Cl3FN2O3. The Balaban J connectivity index is 1.30. The highest BCUT2D eigenvalue weighted by Gasteiger charge is 2.14. The third-order valence-corrected chi connectivity index (χ3v) is 6.19. The molecule has 5 nitrogen and oxygen atoms in total. The minimum absolute atomic E-state index is 0.189. The van der Waals surface area contributed by atoms with Crippen molar-refractivity contribution >= 4 is 63.6 Å². The van der Waals surface area contributed by atoms with Crippen LogP contribution in [0.1, 0.15) is 5.76 Å². The summed E-state index contributed by atoms with van der Waals surface area (Å²) >= 11 is 18.4. The molecule has 0 fully saturated rings. The maximum atomic E-state index is 13.3. The Hall–Kier alpha value is -3.58. The van der Waals surface area contributed by atoms with Crippen molar-refractivity contribution in [3.05, 3.63) is 99.5 Å². The van der Waals surface area contributed by atoms with Crippen molar-refractivity contribution in [2.24, 2.45) is 0 Å². The number of hydrogen-bond donors (Lipinski definition) is 1. The van der Waals surface area contributed by atoms with E-state index in [1.165, 1.54) is 24.3 Å². The molecule has 1 amide bonds. The molecular weight excluding hydrogens is 514 g/mol. The number of rotatable bonds is 5. The first-order valence-corrected chi connectivity index (χ1v) is 11.4. The van der Waals surface area contributed by atoms with Crippen molar-refractivity contribution in [3.63, 3.8) is 0 Å². The molecule has 35 heavy (non-hydrogen) atoms. The number of furan rings is 1. The topological polar surface area (TPSA) is 68.3 Å². The van der Waals surface area contributed by atoms with Gasteiger partial charge in [-0.15, -0.1) is 0 Å². The van der Waals surface area contributed by atoms with E-state index in [1.54, 1.807) is 54.6 Å². The average molecular weight is 528 g/mol. The normalized spacial score (nSPS) is 11.4. The SMILES string of the molecule is O=C(C=Cc1ccc(-c2cccc(Cl)c2Cl)o1)Nc1ccc2oc(-c3ccc(F)cc3Cl)nc2c1. The molecule has 2 aromatic heterocycles. The number of carbonyl (C=O) groups excluding carboxylic acids is 1. The monoisotopic (exact) mass is 526 g/mol. The van der Waals surface area contributed by atoms with Gasteiger partial charge in [0.25, 0.3) is 0 Å². The van der Waals surface area contributed by atoms with Crippen molar-refractivity contribution in [1.82, 2.24) is 4.98 Å². The summed E-state index contributed by atoms with van der Waals surface area (Å²) in [5, 5.41) is 3.77. The number of amides is 1. The van der Waals surface area contributed by atoms with Crippen LogP contribution in [0.5, 0.6) is 0 Å².